The van der Waals surface area contributed by atoms with Crippen LogP contribution in [-0.2, 0) is 24.8 Å². The molecule has 5 rings (SSSR count). The van der Waals surface area contributed by atoms with Crippen LogP contribution in [0.1, 0.15) is 39.2 Å². The number of likely N-dealkylation sites (tertiary alicyclic amines) is 1. The van der Waals surface area contributed by atoms with Crippen molar-refractivity contribution in [2.24, 2.45) is 0 Å². The van der Waals surface area contributed by atoms with Crippen LogP contribution in [0.25, 0.3) is 22.2 Å². The molecule has 0 saturated carbocycles. The van der Waals surface area contributed by atoms with Crippen LogP contribution in [0.15, 0.2) is 72.8 Å². The number of rotatable bonds is 9. The average Bonchev–Trinajstić information content (AvgIpc) is 3.64. The first-order chi connectivity index (χ1) is 21.0. The number of anilines is 2. The molecule has 228 valence electrons. The Labute approximate surface area is 254 Å². The zero-order valence-corrected chi connectivity index (χ0v) is 24.6. The van der Waals surface area contributed by atoms with E-state index < -0.39 is 29.2 Å². The van der Waals surface area contributed by atoms with E-state index >= 15 is 0 Å². The highest BCUT2D eigenvalue weighted by Gasteiger charge is 2.48. The average molecular weight is 600 g/mol. The molecule has 11 heteroatoms. The van der Waals surface area contributed by atoms with Gasteiger partial charge in [-0.15, -0.1) is 0 Å². The molecular formula is C33H34FN5O5. The SMILES string of the molecule is CC(C)(C)OC(=O)N[C@](C=O)(c1ccc(F)cc1)N1CCC[C@H]1C(=O)Nc1ccc2[nH]c(-c3cccc(NC=O)c3)cc2c1. The van der Waals surface area contributed by atoms with Gasteiger partial charge in [0.15, 0.2) is 11.9 Å². The highest BCUT2D eigenvalue weighted by Crippen LogP contribution is 2.34. The number of halogens is 1. The molecule has 4 aromatic rings. The van der Waals surface area contributed by atoms with Crippen LogP contribution in [0.3, 0.4) is 0 Å². The van der Waals surface area contributed by atoms with Crippen molar-refractivity contribution in [3.8, 4) is 11.3 Å². The van der Waals surface area contributed by atoms with Crippen LogP contribution in [0, 0.1) is 5.82 Å². The van der Waals surface area contributed by atoms with Crippen LogP contribution < -0.4 is 16.0 Å². The van der Waals surface area contributed by atoms with E-state index in [1.165, 1.54) is 24.3 Å². The lowest BCUT2D eigenvalue weighted by atomic mass is 9.97. The van der Waals surface area contributed by atoms with Gasteiger partial charge in [-0.1, -0.05) is 24.3 Å². The van der Waals surface area contributed by atoms with Crippen molar-refractivity contribution in [3.05, 3.63) is 84.2 Å². The van der Waals surface area contributed by atoms with Gasteiger partial charge in [0.25, 0.3) is 0 Å². The Morgan fingerprint density at radius 1 is 1.00 bits per heavy atom. The minimum absolute atomic E-state index is 0.299. The number of nitrogens with zero attached hydrogens (tertiary/aromatic N) is 1. The second kappa shape index (κ2) is 12.3. The number of alkyl carbamates (subject to hydrolysis) is 1. The van der Waals surface area contributed by atoms with Crippen molar-refractivity contribution < 1.29 is 28.3 Å². The fourth-order valence-corrected chi connectivity index (χ4v) is 5.54. The summed E-state index contributed by atoms with van der Waals surface area (Å²) in [5, 5.41) is 9.15. The number of ether oxygens (including phenoxy) is 1. The lowest BCUT2D eigenvalue weighted by molar-refractivity contribution is -0.129. The normalized spacial score (nSPS) is 16.6. The number of carbonyl (C=O) groups is 4. The first-order valence-corrected chi connectivity index (χ1v) is 14.3. The smallest absolute Gasteiger partial charge is 0.409 e. The maximum absolute atomic E-state index is 13.9. The molecule has 2 atom stereocenters. The van der Waals surface area contributed by atoms with Gasteiger partial charge in [0.05, 0.1) is 6.04 Å². The zero-order chi connectivity index (χ0) is 31.5. The van der Waals surface area contributed by atoms with Crippen molar-refractivity contribution in [2.75, 3.05) is 17.2 Å². The van der Waals surface area contributed by atoms with Gasteiger partial charge in [-0.25, -0.2) is 9.18 Å². The van der Waals surface area contributed by atoms with Crippen molar-refractivity contribution in [3.63, 3.8) is 0 Å². The van der Waals surface area contributed by atoms with Crippen LogP contribution in [-0.4, -0.2) is 52.8 Å². The number of fused-ring (bicyclic) bond motifs is 1. The molecule has 1 aliphatic rings. The number of aromatic nitrogens is 1. The van der Waals surface area contributed by atoms with E-state index in [1.54, 1.807) is 37.8 Å². The van der Waals surface area contributed by atoms with E-state index in [4.69, 9.17) is 4.74 Å². The third-order valence-electron chi connectivity index (χ3n) is 7.44. The molecule has 1 saturated heterocycles. The molecule has 2 heterocycles. The predicted molar refractivity (Wildman–Crippen MR) is 165 cm³/mol. The molecule has 0 spiro atoms. The molecule has 3 aromatic carbocycles. The lowest BCUT2D eigenvalue weighted by Crippen LogP contribution is -2.63. The molecule has 0 bridgehead atoms. The molecule has 0 radical (unpaired) electrons. The minimum Gasteiger partial charge on any atom is -0.444 e. The van der Waals surface area contributed by atoms with Gasteiger partial charge in [0, 0.05) is 45.6 Å². The summed E-state index contributed by atoms with van der Waals surface area (Å²) < 4.78 is 19.3. The van der Waals surface area contributed by atoms with Crippen LogP contribution in [0.5, 0.6) is 0 Å². The van der Waals surface area contributed by atoms with Gasteiger partial charge in [0.1, 0.15) is 11.4 Å². The van der Waals surface area contributed by atoms with Crippen molar-refractivity contribution in [1.82, 2.24) is 15.2 Å². The second-order valence-corrected chi connectivity index (χ2v) is 11.7. The van der Waals surface area contributed by atoms with Gasteiger partial charge in [-0.05, 0) is 82.1 Å². The van der Waals surface area contributed by atoms with Gasteiger partial charge < -0.3 is 20.4 Å². The molecule has 4 N–H and O–H groups in total. The monoisotopic (exact) mass is 599 g/mol. The lowest BCUT2D eigenvalue weighted by Gasteiger charge is -2.41. The van der Waals surface area contributed by atoms with E-state index in [0.29, 0.717) is 49.0 Å². The number of hydrogen-bond acceptors (Lipinski definition) is 6. The van der Waals surface area contributed by atoms with E-state index in [9.17, 15) is 23.6 Å². The topological polar surface area (TPSA) is 133 Å². The fraction of sp³-hybridized carbons (Fsp3) is 0.273. The Bertz CT molecular complexity index is 1700. The summed E-state index contributed by atoms with van der Waals surface area (Å²) in [6, 6.07) is 19.3. The molecule has 1 aromatic heterocycles. The molecule has 3 amide bonds. The summed E-state index contributed by atoms with van der Waals surface area (Å²) in [6.07, 6.45) is 1.35. The maximum Gasteiger partial charge on any atom is 0.409 e. The third kappa shape index (κ3) is 6.47. The number of carbonyl (C=O) groups excluding carboxylic acids is 4. The Balaban J connectivity index is 1.41. The summed E-state index contributed by atoms with van der Waals surface area (Å²) in [7, 11) is 0. The van der Waals surface area contributed by atoms with Gasteiger partial charge >= 0.3 is 6.09 Å². The second-order valence-electron chi connectivity index (χ2n) is 11.7. The molecule has 1 fully saturated rings. The molecule has 0 aliphatic carbocycles. The number of amides is 3. The van der Waals surface area contributed by atoms with Crippen LogP contribution in [0.4, 0.5) is 20.6 Å². The summed E-state index contributed by atoms with van der Waals surface area (Å²) in [4.78, 5) is 55.4. The largest absolute Gasteiger partial charge is 0.444 e. The standard InChI is InChI=1S/C33H34FN5O5/c1-32(2,3)44-31(43)38-33(19-40,23-9-11-24(34)12-10-23)39-15-5-8-29(39)30(42)36-26-13-14-27-22(17-26)18-28(37-27)21-6-4-7-25(16-21)35-20-41/h4,6-7,9-14,16-20,29,37H,5,8,15H2,1-3H3,(H,35,41)(H,36,42)(H,38,43)/t29-,33-/m0/s1. The van der Waals surface area contributed by atoms with Crippen molar-refractivity contribution in [1.29, 1.82) is 0 Å². The Hall–Kier alpha value is -5.03. The highest BCUT2D eigenvalue weighted by atomic mass is 19.1. The number of hydrogen-bond donors (Lipinski definition) is 4. The van der Waals surface area contributed by atoms with E-state index in [2.05, 4.69) is 20.9 Å². The number of aromatic amines is 1. The van der Waals surface area contributed by atoms with Crippen LogP contribution >= 0.6 is 0 Å². The Kier molecular flexibility index (Phi) is 8.50. The van der Waals surface area contributed by atoms with E-state index in [1.807, 2.05) is 36.4 Å². The summed E-state index contributed by atoms with van der Waals surface area (Å²) in [5.74, 6) is -0.861. The van der Waals surface area contributed by atoms with Crippen molar-refractivity contribution in [2.45, 2.75) is 50.9 Å². The quantitative estimate of drug-likeness (QED) is 0.187. The summed E-state index contributed by atoms with van der Waals surface area (Å²) >= 11 is 0. The number of nitrogens with one attached hydrogen (secondary N) is 4. The number of H-pyrrole nitrogens is 1. The first kappa shape index (κ1) is 30.4. The molecule has 1 aliphatic heterocycles. The van der Waals surface area contributed by atoms with Gasteiger partial charge in [-0.2, -0.15) is 0 Å². The van der Waals surface area contributed by atoms with Gasteiger partial charge in [0.2, 0.25) is 12.3 Å². The molecular weight excluding hydrogens is 565 g/mol. The van der Waals surface area contributed by atoms with E-state index in [0.717, 1.165) is 22.2 Å². The summed E-state index contributed by atoms with van der Waals surface area (Å²) in [5.41, 5.74) is 1.47. The first-order valence-electron chi connectivity index (χ1n) is 14.3. The summed E-state index contributed by atoms with van der Waals surface area (Å²) in [6.45, 7) is 5.42. The predicted octanol–water partition coefficient (Wildman–Crippen LogP) is 5.52. The zero-order valence-electron chi connectivity index (χ0n) is 24.6. The van der Waals surface area contributed by atoms with Crippen molar-refractivity contribution >= 4 is 47.0 Å². The molecule has 44 heavy (non-hydrogen) atoms. The fourth-order valence-electron chi connectivity index (χ4n) is 5.54. The molecule has 0 unspecified atom stereocenters. The number of aldehydes is 1. The van der Waals surface area contributed by atoms with Gasteiger partial charge in [-0.3, -0.25) is 24.6 Å². The molecule has 10 nitrogen and oxygen atoms in total. The highest BCUT2D eigenvalue weighted by molar-refractivity contribution is 5.98. The third-order valence-corrected chi connectivity index (χ3v) is 7.44. The Morgan fingerprint density at radius 3 is 2.48 bits per heavy atom. The Morgan fingerprint density at radius 2 is 1.77 bits per heavy atom. The maximum atomic E-state index is 13.9. The van der Waals surface area contributed by atoms with E-state index in [-0.39, 0.29) is 5.91 Å². The number of benzene rings is 3. The van der Waals surface area contributed by atoms with Crippen LogP contribution in [0.2, 0.25) is 0 Å². The minimum atomic E-state index is -1.78.